The van der Waals surface area contributed by atoms with Crippen LogP contribution in [0.15, 0.2) is 30.3 Å². The molecule has 4 rings (SSSR count). The van der Waals surface area contributed by atoms with Gasteiger partial charge >= 0.3 is 0 Å². The summed E-state index contributed by atoms with van der Waals surface area (Å²) in [5.74, 6) is -0.422. The molecule has 3 aliphatic rings. The predicted octanol–water partition coefficient (Wildman–Crippen LogP) is 0.917. The molecule has 2 saturated heterocycles. The molecule has 3 amide bonds. The van der Waals surface area contributed by atoms with Crippen LogP contribution in [0.5, 0.6) is 0 Å². The van der Waals surface area contributed by atoms with Gasteiger partial charge in [-0.05, 0) is 24.3 Å². The minimum absolute atomic E-state index is 0.0984. The van der Waals surface area contributed by atoms with Crippen molar-refractivity contribution in [3.05, 3.63) is 35.9 Å². The van der Waals surface area contributed by atoms with Crippen LogP contribution in [-0.4, -0.2) is 68.0 Å². The van der Waals surface area contributed by atoms with Gasteiger partial charge in [0.25, 0.3) is 0 Å². The zero-order valence-corrected chi connectivity index (χ0v) is 20.0. The highest BCUT2D eigenvalue weighted by Crippen LogP contribution is 2.54. The molecule has 180 valence electrons. The van der Waals surface area contributed by atoms with Gasteiger partial charge in [0.1, 0.15) is 6.04 Å². The minimum atomic E-state index is -0.797. The molecule has 1 spiro atoms. The number of rotatable bonds is 8. The Hall–Kier alpha value is -2.45. The topological polar surface area (TPSA) is 99.8 Å². The van der Waals surface area contributed by atoms with Crippen LogP contribution in [0.2, 0.25) is 0 Å². The van der Waals surface area contributed by atoms with E-state index in [2.05, 4.69) is 29.8 Å². The molecule has 2 aliphatic heterocycles. The molecule has 1 aliphatic carbocycles. The van der Waals surface area contributed by atoms with Crippen molar-refractivity contribution in [2.45, 2.75) is 45.9 Å². The summed E-state index contributed by atoms with van der Waals surface area (Å²) in [6.45, 7) is 8.83. The first-order valence-corrected chi connectivity index (χ1v) is 11.8. The van der Waals surface area contributed by atoms with Gasteiger partial charge in [0.15, 0.2) is 0 Å². The van der Waals surface area contributed by atoms with E-state index in [-0.39, 0.29) is 40.4 Å². The Morgan fingerprint density at radius 3 is 2.45 bits per heavy atom. The third-order valence-corrected chi connectivity index (χ3v) is 7.67. The predicted molar refractivity (Wildman–Crippen MR) is 124 cm³/mol. The third-order valence-electron chi connectivity index (χ3n) is 7.67. The van der Waals surface area contributed by atoms with Crippen molar-refractivity contribution in [2.75, 3.05) is 33.2 Å². The van der Waals surface area contributed by atoms with E-state index in [0.717, 1.165) is 12.0 Å². The molecular weight excluding hydrogens is 420 g/mol. The van der Waals surface area contributed by atoms with Gasteiger partial charge in [-0.2, -0.15) is 0 Å². The second-order valence-electron chi connectivity index (χ2n) is 10.6. The number of ether oxygens (including phenoxy) is 1. The molecule has 3 N–H and O–H groups in total. The average Bonchev–Trinajstić information content (AvgIpc) is 3.20. The molecule has 1 aromatic rings. The SMILES string of the molecule is CNC(=O)[C@@H](NC(=O)C1CNCC12CN(C(=O)C1CC1(C)C)C2)[C@@H](C)OCc1ccccc1. The van der Waals surface area contributed by atoms with E-state index in [1.807, 2.05) is 35.2 Å². The van der Waals surface area contributed by atoms with Crippen LogP contribution in [0.25, 0.3) is 0 Å². The molecule has 3 fully saturated rings. The molecule has 1 saturated carbocycles. The van der Waals surface area contributed by atoms with Crippen molar-refractivity contribution in [1.82, 2.24) is 20.9 Å². The fourth-order valence-corrected chi connectivity index (χ4v) is 5.19. The lowest BCUT2D eigenvalue weighted by Gasteiger charge is -2.50. The smallest absolute Gasteiger partial charge is 0.245 e. The number of likely N-dealkylation sites (tertiary alicyclic amines) is 1. The van der Waals surface area contributed by atoms with Crippen molar-refractivity contribution >= 4 is 17.7 Å². The van der Waals surface area contributed by atoms with Crippen LogP contribution >= 0.6 is 0 Å². The van der Waals surface area contributed by atoms with Gasteiger partial charge in [-0.1, -0.05) is 44.2 Å². The lowest BCUT2D eigenvalue weighted by Crippen LogP contribution is -2.65. The molecule has 2 heterocycles. The summed E-state index contributed by atoms with van der Waals surface area (Å²) in [6.07, 6.45) is 0.433. The normalized spacial score (nSPS) is 26.2. The van der Waals surface area contributed by atoms with Gasteiger partial charge in [-0.25, -0.2) is 0 Å². The van der Waals surface area contributed by atoms with E-state index < -0.39 is 12.1 Å². The fourth-order valence-electron chi connectivity index (χ4n) is 5.19. The van der Waals surface area contributed by atoms with Crippen LogP contribution in [-0.2, 0) is 25.7 Å². The number of amides is 3. The molecule has 33 heavy (non-hydrogen) atoms. The third kappa shape index (κ3) is 4.77. The van der Waals surface area contributed by atoms with E-state index in [9.17, 15) is 14.4 Å². The standard InChI is InChI=1S/C25H36N4O4/c1-16(33-12-17-8-6-5-7-9-17)20(22(31)26-4)28-21(30)19-11-27-13-25(19)14-29(15-25)23(32)18-10-24(18,2)3/h5-9,16,18-20,27H,10-15H2,1-4H3,(H,26,31)(H,28,30)/t16-,18?,19?,20+/m1/s1. The largest absolute Gasteiger partial charge is 0.371 e. The van der Waals surface area contributed by atoms with E-state index in [1.54, 1.807) is 14.0 Å². The zero-order chi connectivity index (χ0) is 23.8. The van der Waals surface area contributed by atoms with Crippen LogP contribution in [0.3, 0.4) is 0 Å². The summed E-state index contributed by atoms with van der Waals surface area (Å²) >= 11 is 0. The Morgan fingerprint density at radius 2 is 1.85 bits per heavy atom. The van der Waals surface area contributed by atoms with E-state index in [1.165, 1.54) is 0 Å². The summed E-state index contributed by atoms with van der Waals surface area (Å²) < 4.78 is 5.93. The van der Waals surface area contributed by atoms with E-state index >= 15 is 0 Å². The first-order chi connectivity index (χ1) is 15.7. The van der Waals surface area contributed by atoms with Gasteiger partial charge in [-0.3, -0.25) is 14.4 Å². The summed E-state index contributed by atoms with van der Waals surface area (Å²) in [5.41, 5.74) is 0.838. The molecular formula is C25H36N4O4. The van der Waals surface area contributed by atoms with E-state index in [4.69, 9.17) is 4.74 Å². The Balaban J connectivity index is 1.36. The lowest BCUT2D eigenvalue weighted by molar-refractivity contribution is -0.152. The van der Waals surface area contributed by atoms with Gasteiger partial charge in [0, 0.05) is 44.6 Å². The Kier molecular flexibility index (Phi) is 6.51. The van der Waals surface area contributed by atoms with Crippen LogP contribution < -0.4 is 16.0 Å². The second-order valence-corrected chi connectivity index (χ2v) is 10.6. The fraction of sp³-hybridized carbons (Fsp3) is 0.640. The Morgan fingerprint density at radius 1 is 1.18 bits per heavy atom. The van der Waals surface area contributed by atoms with Crippen LogP contribution in [0, 0.1) is 22.7 Å². The molecule has 0 bridgehead atoms. The molecule has 4 atom stereocenters. The van der Waals surface area contributed by atoms with Gasteiger partial charge < -0.3 is 25.6 Å². The summed E-state index contributed by atoms with van der Waals surface area (Å²) in [7, 11) is 1.55. The number of carbonyl (C=O) groups is 3. The maximum absolute atomic E-state index is 13.3. The van der Waals surface area contributed by atoms with Gasteiger partial charge in [0.05, 0.1) is 18.6 Å². The second kappa shape index (κ2) is 9.06. The number of carbonyl (C=O) groups excluding carboxylic acids is 3. The summed E-state index contributed by atoms with van der Waals surface area (Å²) in [4.78, 5) is 40.5. The molecule has 0 aromatic heterocycles. The molecule has 2 unspecified atom stereocenters. The lowest BCUT2D eigenvalue weighted by atomic mass is 9.70. The summed E-state index contributed by atoms with van der Waals surface area (Å²) in [6, 6.07) is 8.93. The molecule has 8 nitrogen and oxygen atoms in total. The number of nitrogens with one attached hydrogen (secondary N) is 3. The number of likely N-dealkylation sites (N-methyl/N-ethyl adjacent to an activating group) is 1. The number of benzene rings is 1. The monoisotopic (exact) mass is 456 g/mol. The number of hydrogen-bond donors (Lipinski definition) is 3. The van der Waals surface area contributed by atoms with Crippen molar-refractivity contribution in [3.8, 4) is 0 Å². The van der Waals surface area contributed by atoms with Crippen molar-refractivity contribution in [3.63, 3.8) is 0 Å². The maximum atomic E-state index is 13.3. The highest BCUT2D eigenvalue weighted by molar-refractivity contribution is 5.90. The minimum Gasteiger partial charge on any atom is -0.371 e. The van der Waals surface area contributed by atoms with Gasteiger partial charge in [-0.15, -0.1) is 0 Å². The Bertz CT molecular complexity index is 897. The summed E-state index contributed by atoms with van der Waals surface area (Å²) in [5, 5.41) is 8.91. The first kappa shape index (κ1) is 23.7. The van der Waals surface area contributed by atoms with Crippen LogP contribution in [0.4, 0.5) is 0 Å². The van der Waals surface area contributed by atoms with Crippen molar-refractivity contribution < 1.29 is 19.1 Å². The molecule has 8 heteroatoms. The van der Waals surface area contributed by atoms with Gasteiger partial charge in [0.2, 0.25) is 17.7 Å². The Labute approximate surface area is 195 Å². The maximum Gasteiger partial charge on any atom is 0.245 e. The first-order valence-electron chi connectivity index (χ1n) is 11.8. The number of nitrogens with zero attached hydrogens (tertiary/aromatic N) is 1. The van der Waals surface area contributed by atoms with E-state index in [0.29, 0.717) is 32.8 Å². The average molecular weight is 457 g/mol. The van der Waals surface area contributed by atoms with Crippen molar-refractivity contribution in [2.24, 2.45) is 22.7 Å². The molecule has 1 aromatic carbocycles. The molecule has 0 radical (unpaired) electrons. The quantitative estimate of drug-likeness (QED) is 0.540. The zero-order valence-electron chi connectivity index (χ0n) is 20.0. The highest BCUT2D eigenvalue weighted by atomic mass is 16.5. The van der Waals surface area contributed by atoms with Crippen LogP contribution in [0.1, 0.15) is 32.8 Å². The highest BCUT2D eigenvalue weighted by Gasteiger charge is 2.60. The van der Waals surface area contributed by atoms with Crippen molar-refractivity contribution in [1.29, 1.82) is 0 Å². The number of hydrogen-bond acceptors (Lipinski definition) is 5.